The monoisotopic (exact) mass is 444 g/mol. The number of aromatic nitrogens is 1. The lowest BCUT2D eigenvalue weighted by molar-refractivity contribution is -0.139. The average molecular weight is 445 g/mol. The van der Waals surface area contributed by atoms with E-state index in [0.717, 1.165) is 12.3 Å². The Hall–Kier alpha value is -2.20. The molecule has 156 valence electrons. The van der Waals surface area contributed by atoms with Gasteiger partial charge in [0.05, 0.1) is 23.0 Å². The Kier molecular flexibility index (Phi) is 7.23. The smallest absolute Gasteiger partial charge is 0.417 e. The third-order valence-electron chi connectivity index (χ3n) is 3.54. The molecule has 1 aromatic carbocycles. The number of alkyl halides is 3. The summed E-state index contributed by atoms with van der Waals surface area (Å²) in [7, 11) is -0.470. The van der Waals surface area contributed by atoms with Crippen molar-refractivity contribution in [2.45, 2.75) is 41.6 Å². The van der Waals surface area contributed by atoms with Crippen molar-refractivity contribution in [3.63, 3.8) is 0 Å². The number of halogens is 3. The molecule has 0 spiro atoms. The molecule has 0 amide bonds. The Morgan fingerprint density at radius 3 is 2.48 bits per heavy atom. The first kappa shape index (κ1) is 23.1. The van der Waals surface area contributed by atoms with Gasteiger partial charge in [-0.1, -0.05) is 23.9 Å². The van der Waals surface area contributed by atoms with Crippen LogP contribution >= 0.6 is 11.8 Å². The minimum absolute atomic E-state index is 0.0399. The van der Waals surface area contributed by atoms with Crippen LogP contribution in [0, 0.1) is 0 Å². The number of hydrogen-bond acceptors (Lipinski definition) is 5. The van der Waals surface area contributed by atoms with E-state index >= 15 is 0 Å². The van der Waals surface area contributed by atoms with Gasteiger partial charge in [0.2, 0.25) is 0 Å². The van der Waals surface area contributed by atoms with Gasteiger partial charge in [0.25, 0.3) is 0 Å². The van der Waals surface area contributed by atoms with Crippen molar-refractivity contribution in [1.29, 1.82) is 0 Å². The summed E-state index contributed by atoms with van der Waals surface area (Å²) in [5, 5.41) is 0.0580. The van der Waals surface area contributed by atoms with Crippen LogP contribution in [0.1, 0.15) is 42.3 Å². The van der Waals surface area contributed by atoms with Crippen molar-refractivity contribution in [3.05, 3.63) is 53.2 Å². The predicted molar refractivity (Wildman–Crippen MR) is 107 cm³/mol. The van der Waals surface area contributed by atoms with Gasteiger partial charge in [0.1, 0.15) is 16.0 Å². The first-order chi connectivity index (χ1) is 13.4. The predicted octanol–water partition coefficient (Wildman–Crippen LogP) is 4.92. The Morgan fingerprint density at radius 1 is 1.21 bits per heavy atom. The first-order valence-corrected chi connectivity index (χ1v) is 10.2. The maximum Gasteiger partial charge on any atom is 0.417 e. The van der Waals surface area contributed by atoms with Crippen molar-refractivity contribution in [2.75, 3.05) is 7.11 Å². The molecular formula is C19H19F3N2O3S2. The van der Waals surface area contributed by atoms with Crippen LogP contribution in [0.3, 0.4) is 0 Å². The number of benzene rings is 1. The fraction of sp³-hybridized carbons (Fsp3) is 0.316. The molecule has 0 aliphatic rings. The molecule has 0 bridgehead atoms. The number of hydrogen-bond donors (Lipinski definition) is 0. The van der Waals surface area contributed by atoms with E-state index in [1.54, 1.807) is 20.8 Å². The van der Waals surface area contributed by atoms with Gasteiger partial charge in [0, 0.05) is 22.9 Å². The van der Waals surface area contributed by atoms with Crippen LogP contribution in [0.25, 0.3) is 0 Å². The molecule has 1 heterocycles. The zero-order chi connectivity index (χ0) is 21.8. The molecule has 0 fully saturated rings. The van der Waals surface area contributed by atoms with E-state index < -0.39 is 33.4 Å². The van der Waals surface area contributed by atoms with Crippen LogP contribution in [-0.2, 0) is 21.9 Å². The molecule has 0 radical (unpaired) electrons. The van der Waals surface area contributed by atoms with Gasteiger partial charge in [0.15, 0.2) is 0 Å². The summed E-state index contributed by atoms with van der Waals surface area (Å²) in [4.78, 5) is 15.8. The van der Waals surface area contributed by atoms with Crippen LogP contribution in [-0.4, -0.2) is 33.2 Å². The minimum Gasteiger partial charge on any atom is -0.465 e. The van der Waals surface area contributed by atoms with E-state index in [9.17, 15) is 22.2 Å². The molecule has 0 saturated heterocycles. The molecule has 29 heavy (non-hydrogen) atoms. The number of rotatable bonds is 5. The molecule has 0 saturated carbocycles. The zero-order valence-electron chi connectivity index (χ0n) is 16.1. The van der Waals surface area contributed by atoms with Crippen LogP contribution < -0.4 is 0 Å². The lowest BCUT2D eigenvalue weighted by atomic mass is 10.1. The maximum absolute atomic E-state index is 13.6. The second kappa shape index (κ2) is 9.08. The molecule has 2 aromatic rings. The molecule has 1 atom stereocenters. The van der Waals surface area contributed by atoms with Crippen LogP contribution in [0.2, 0.25) is 0 Å². The Morgan fingerprint density at radius 2 is 1.90 bits per heavy atom. The summed E-state index contributed by atoms with van der Waals surface area (Å²) in [5.41, 5.74) is -0.753. The van der Waals surface area contributed by atoms with E-state index in [1.807, 2.05) is 0 Å². The minimum atomic E-state index is -4.64. The highest BCUT2D eigenvalue weighted by molar-refractivity contribution is 7.99. The first-order valence-electron chi connectivity index (χ1n) is 8.32. The second-order valence-corrected chi connectivity index (χ2v) is 9.70. The van der Waals surface area contributed by atoms with Crippen molar-refractivity contribution in [1.82, 2.24) is 4.98 Å². The lowest BCUT2D eigenvalue weighted by Gasteiger charge is -2.16. The Bertz CT molecular complexity index is 954. The lowest BCUT2D eigenvalue weighted by Crippen LogP contribution is -2.19. The number of carbonyl (C=O) groups is 1. The maximum atomic E-state index is 13.6. The van der Waals surface area contributed by atoms with E-state index in [-0.39, 0.29) is 21.0 Å². The van der Waals surface area contributed by atoms with Crippen molar-refractivity contribution >= 4 is 34.9 Å². The molecule has 10 heteroatoms. The fourth-order valence-corrected chi connectivity index (χ4v) is 3.72. The summed E-state index contributed by atoms with van der Waals surface area (Å²) in [6, 6.07) is 6.51. The quantitative estimate of drug-likeness (QED) is 0.484. The average Bonchev–Trinajstić information content (AvgIpc) is 2.65. The van der Waals surface area contributed by atoms with Gasteiger partial charge in [-0.15, -0.1) is 0 Å². The van der Waals surface area contributed by atoms with Crippen molar-refractivity contribution in [2.24, 2.45) is 4.40 Å². The molecule has 1 aromatic heterocycles. The normalized spacial score (nSPS) is 13.5. The highest BCUT2D eigenvalue weighted by Crippen LogP contribution is 2.41. The largest absolute Gasteiger partial charge is 0.465 e. The van der Waals surface area contributed by atoms with Crippen LogP contribution in [0.15, 0.2) is 50.8 Å². The molecule has 5 nitrogen and oxygen atoms in total. The highest BCUT2D eigenvalue weighted by atomic mass is 32.2. The van der Waals surface area contributed by atoms with E-state index in [4.69, 9.17) is 0 Å². The number of ether oxygens (including phenoxy) is 1. The topological polar surface area (TPSA) is 68.6 Å². The van der Waals surface area contributed by atoms with Gasteiger partial charge in [-0.2, -0.15) is 17.6 Å². The van der Waals surface area contributed by atoms with Crippen molar-refractivity contribution in [3.8, 4) is 0 Å². The second-order valence-electron chi connectivity index (χ2n) is 6.77. The number of esters is 1. The van der Waals surface area contributed by atoms with Crippen LogP contribution in [0.5, 0.6) is 0 Å². The van der Waals surface area contributed by atoms with Crippen molar-refractivity contribution < 1.29 is 26.9 Å². The third-order valence-corrected chi connectivity index (χ3v) is 6.06. The number of nitrogens with zero attached hydrogens (tertiary/aromatic N) is 2. The summed E-state index contributed by atoms with van der Waals surface area (Å²) in [5.74, 6) is -0.714. The molecule has 2 rings (SSSR count). The van der Waals surface area contributed by atoms with Gasteiger partial charge in [-0.05, 0) is 39.0 Å². The fourth-order valence-electron chi connectivity index (χ4n) is 2.09. The number of methoxy groups -OCH3 is 1. The van der Waals surface area contributed by atoms with Crippen LogP contribution in [0.4, 0.5) is 13.2 Å². The third kappa shape index (κ3) is 5.89. The SMILES string of the molecule is COC(=O)c1cccnc1Sc1c(C=NS(=O)C(C)(C)C)cccc1C(F)(F)F. The summed E-state index contributed by atoms with van der Waals surface area (Å²) < 4.78 is 61.0. The molecular weight excluding hydrogens is 425 g/mol. The standard InChI is InChI=1S/C19H19F3N2O3S2/c1-18(2,3)29(26)24-11-12-7-5-9-14(19(20,21)22)15(12)28-16-13(17(25)27-4)8-6-10-23-16/h5-11H,1-4H3. The van der Waals surface area contributed by atoms with Gasteiger partial charge in [-0.3, -0.25) is 0 Å². The van der Waals surface area contributed by atoms with Gasteiger partial charge < -0.3 is 4.74 Å². The Labute approximate surface area is 173 Å². The number of pyridine rings is 1. The molecule has 0 aliphatic heterocycles. The van der Waals surface area contributed by atoms with E-state index in [2.05, 4.69) is 14.1 Å². The van der Waals surface area contributed by atoms with E-state index in [0.29, 0.717) is 11.8 Å². The Balaban J connectivity index is 2.59. The molecule has 0 N–H and O–H groups in total. The molecule has 1 unspecified atom stereocenters. The number of carbonyl (C=O) groups excluding carboxylic acids is 1. The summed E-state index contributed by atoms with van der Waals surface area (Å²) in [6.45, 7) is 5.12. The highest BCUT2D eigenvalue weighted by Gasteiger charge is 2.35. The van der Waals surface area contributed by atoms with Gasteiger partial charge in [-0.25, -0.2) is 14.0 Å². The summed E-state index contributed by atoms with van der Waals surface area (Å²) >= 11 is 0.675. The van der Waals surface area contributed by atoms with Gasteiger partial charge >= 0.3 is 12.1 Å². The summed E-state index contributed by atoms with van der Waals surface area (Å²) in [6.07, 6.45) is -2.12. The van der Waals surface area contributed by atoms with E-state index in [1.165, 1.54) is 37.6 Å². The zero-order valence-corrected chi connectivity index (χ0v) is 17.7. The molecule has 0 aliphatic carbocycles.